The molecule has 3 aliphatic rings. The second-order valence-electron chi connectivity index (χ2n) is 14.9. The summed E-state index contributed by atoms with van der Waals surface area (Å²) in [5.74, 6) is 0. The van der Waals surface area contributed by atoms with Crippen LogP contribution in [0.1, 0.15) is 67.0 Å². The van der Waals surface area contributed by atoms with E-state index in [0.29, 0.717) is 0 Å². The first kappa shape index (κ1) is 34.1. The van der Waals surface area contributed by atoms with Gasteiger partial charge in [-0.1, -0.05) is 102 Å². The Morgan fingerprint density at radius 2 is 0.800 bits per heavy atom. The first-order valence-corrected chi connectivity index (χ1v) is 18.9. The maximum Gasteiger partial charge on any atom is 0.0738 e. The Morgan fingerprint density at radius 3 is 1.20 bits per heavy atom. The monoisotopic (exact) mass is 710 g/mol. The van der Waals surface area contributed by atoms with E-state index >= 15 is 0 Å². The standard InChI is InChI=1S/C51H42N4/c1-30-26-32(3)46(33(4)27-30)50-38-18-13-19-39(52-38)51(47-34(5)28-31(2)29-35(47)6)45-25-23-43(55-45)49(37-16-11-8-12-17-37)41-21-20-40(53-41)48(36-14-9-7-10-15-36)42-22-24-44(50)54-42/h7-29,53H,1-6H3. The highest BCUT2D eigenvalue weighted by molar-refractivity contribution is 6.31. The zero-order valence-electron chi connectivity index (χ0n) is 32.1. The molecular formula is C51H42N4. The molecule has 0 radical (unpaired) electrons. The Morgan fingerprint density at radius 1 is 0.400 bits per heavy atom. The van der Waals surface area contributed by atoms with E-state index in [9.17, 15) is 0 Å². The molecule has 0 unspecified atom stereocenters. The minimum atomic E-state index is 0.871. The Labute approximate surface area is 322 Å². The van der Waals surface area contributed by atoms with Crippen LogP contribution in [0.4, 0.5) is 0 Å². The van der Waals surface area contributed by atoms with Crippen LogP contribution in [0.3, 0.4) is 0 Å². The maximum absolute atomic E-state index is 5.59. The smallest absolute Gasteiger partial charge is 0.0738 e. The van der Waals surface area contributed by atoms with Gasteiger partial charge in [-0.25, -0.2) is 15.0 Å². The number of aryl methyl sites for hydroxylation is 6. The van der Waals surface area contributed by atoms with E-state index in [0.717, 1.165) is 89.4 Å². The number of hydrogen-bond donors (Lipinski definition) is 1. The quantitative estimate of drug-likeness (QED) is 0.195. The number of aliphatic imine (C=N–C) groups is 2. The van der Waals surface area contributed by atoms with E-state index < -0.39 is 0 Å². The molecule has 9 rings (SSSR count). The molecule has 6 aromatic rings. The molecule has 3 aliphatic heterocycles. The SMILES string of the molecule is Cc1cc(C)c(C2=C3C=CC(=N3)C(c3ccccc3)=c3ccc([nH]3)=C(c3ccccc3)C3=NC(=C(c4c(C)cc(C)cc4C)c4cccc2n4)C=C3)c(C)c1. The average Bonchev–Trinajstić information content (AvgIpc) is 3.95. The predicted octanol–water partition coefficient (Wildman–Crippen LogP) is 9.91. The fourth-order valence-corrected chi connectivity index (χ4v) is 8.70. The molecule has 0 atom stereocenters. The van der Waals surface area contributed by atoms with Crippen molar-refractivity contribution in [2.24, 2.45) is 9.98 Å². The van der Waals surface area contributed by atoms with Gasteiger partial charge in [0.15, 0.2) is 0 Å². The molecule has 2 aromatic heterocycles. The van der Waals surface area contributed by atoms with E-state index in [1.165, 1.54) is 33.4 Å². The van der Waals surface area contributed by atoms with Crippen LogP contribution >= 0.6 is 0 Å². The van der Waals surface area contributed by atoms with E-state index in [4.69, 9.17) is 15.0 Å². The lowest BCUT2D eigenvalue weighted by Gasteiger charge is -2.19. The van der Waals surface area contributed by atoms with Crippen molar-refractivity contribution >= 4 is 33.7 Å². The number of benzene rings is 4. The number of aromatic nitrogens is 2. The molecular weight excluding hydrogens is 669 g/mol. The van der Waals surface area contributed by atoms with Gasteiger partial charge >= 0.3 is 0 Å². The molecule has 55 heavy (non-hydrogen) atoms. The van der Waals surface area contributed by atoms with E-state index in [1.807, 2.05) is 0 Å². The number of nitrogens with one attached hydrogen (secondary N) is 1. The van der Waals surface area contributed by atoms with Crippen LogP contribution in [0.25, 0.3) is 22.3 Å². The minimum Gasteiger partial charge on any atom is -0.354 e. The maximum atomic E-state index is 5.59. The molecule has 0 fully saturated rings. The van der Waals surface area contributed by atoms with Crippen LogP contribution in [0.5, 0.6) is 0 Å². The number of aromatic amines is 1. The van der Waals surface area contributed by atoms with Gasteiger partial charge in [-0.3, -0.25) is 0 Å². The summed E-state index contributed by atoms with van der Waals surface area (Å²) >= 11 is 0. The zero-order chi connectivity index (χ0) is 37.8. The Kier molecular flexibility index (Phi) is 8.47. The van der Waals surface area contributed by atoms with Gasteiger partial charge in [0.25, 0.3) is 0 Å². The number of H-pyrrole nitrogens is 1. The van der Waals surface area contributed by atoms with Crippen molar-refractivity contribution < 1.29 is 0 Å². The Bertz CT molecular complexity index is 2650. The van der Waals surface area contributed by atoms with E-state index in [-0.39, 0.29) is 0 Å². The molecule has 5 heterocycles. The molecule has 4 nitrogen and oxygen atoms in total. The van der Waals surface area contributed by atoms with Crippen LogP contribution in [0.2, 0.25) is 0 Å². The van der Waals surface area contributed by atoms with E-state index in [2.05, 4.69) is 186 Å². The summed E-state index contributed by atoms with van der Waals surface area (Å²) < 4.78 is 0. The summed E-state index contributed by atoms with van der Waals surface area (Å²) in [6.07, 6.45) is 8.63. The molecule has 0 spiro atoms. The van der Waals surface area contributed by atoms with Gasteiger partial charge in [0.05, 0.1) is 34.2 Å². The molecule has 0 saturated heterocycles. The summed E-state index contributed by atoms with van der Waals surface area (Å²) in [4.78, 5) is 20.4. The first-order chi connectivity index (χ1) is 26.7. The first-order valence-electron chi connectivity index (χ1n) is 18.9. The second kappa shape index (κ2) is 13.6. The number of hydrogen-bond acceptors (Lipinski definition) is 3. The number of allylic oxidation sites excluding steroid dienone is 4. The summed E-state index contributed by atoms with van der Waals surface area (Å²) in [6, 6.07) is 40.9. The predicted molar refractivity (Wildman–Crippen MR) is 229 cm³/mol. The Hall–Kier alpha value is -6.65. The Balaban J connectivity index is 1.46. The van der Waals surface area contributed by atoms with Crippen molar-refractivity contribution in [3.63, 3.8) is 0 Å². The fraction of sp³-hybridized carbons (Fsp3) is 0.118. The number of rotatable bonds is 4. The van der Waals surface area contributed by atoms with E-state index in [1.54, 1.807) is 0 Å². The molecule has 4 aromatic carbocycles. The zero-order valence-corrected chi connectivity index (χ0v) is 32.1. The lowest BCUT2D eigenvalue weighted by molar-refractivity contribution is 1.18. The number of nitrogens with zero attached hydrogens (tertiary/aromatic N) is 3. The van der Waals surface area contributed by atoms with Gasteiger partial charge in [0.1, 0.15) is 0 Å². The summed E-state index contributed by atoms with van der Waals surface area (Å²) in [5.41, 5.74) is 21.1. The molecule has 266 valence electrons. The molecule has 4 heteroatoms. The fourth-order valence-electron chi connectivity index (χ4n) is 8.70. The van der Waals surface area contributed by atoms with Gasteiger partial charge in [0, 0.05) is 33.0 Å². The molecule has 0 saturated carbocycles. The number of pyridine rings is 1. The van der Waals surface area contributed by atoms with Crippen molar-refractivity contribution in [1.29, 1.82) is 0 Å². The number of fused-ring (bicyclic) bond motifs is 6. The lowest BCUT2D eigenvalue weighted by atomic mass is 9.88. The van der Waals surface area contributed by atoms with Crippen molar-refractivity contribution in [2.45, 2.75) is 41.5 Å². The van der Waals surface area contributed by atoms with Crippen LogP contribution < -0.4 is 10.7 Å². The van der Waals surface area contributed by atoms with Crippen molar-refractivity contribution in [2.75, 3.05) is 0 Å². The molecule has 8 bridgehead atoms. The third kappa shape index (κ3) is 6.10. The summed E-state index contributed by atoms with van der Waals surface area (Å²) in [6.45, 7) is 13.1. The second-order valence-corrected chi connectivity index (χ2v) is 14.9. The normalized spacial score (nSPS) is 14.9. The third-order valence-electron chi connectivity index (χ3n) is 10.8. The molecule has 0 aliphatic carbocycles. The van der Waals surface area contributed by atoms with Gasteiger partial charge in [0.2, 0.25) is 0 Å². The molecule has 0 amide bonds. The van der Waals surface area contributed by atoms with Gasteiger partial charge in [-0.15, -0.1) is 0 Å². The average molecular weight is 711 g/mol. The highest BCUT2D eigenvalue weighted by atomic mass is 14.8. The largest absolute Gasteiger partial charge is 0.354 e. The van der Waals surface area contributed by atoms with Gasteiger partial charge < -0.3 is 4.98 Å². The van der Waals surface area contributed by atoms with Crippen molar-refractivity contribution in [3.05, 3.63) is 229 Å². The third-order valence-corrected chi connectivity index (χ3v) is 10.8. The molecule has 1 N–H and O–H groups in total. The topological polar surface area (TPSA) is 53.4 Å². The van der Waals surface area contributed by atoms with Gasteiger partial charge in [-0.2, -0.15) is 0 Å². The highest BCUT2D eigenvalue weighted by Gasteiger charge is 2.25. The summed E-state index contributed by atoms with van der Waals surface area (Å²) in [7, 11) is 0. The van der Waals surface area contributed by atoms with Crippen LogP contribution in [-0.4, -0.2) is 21.4 Å². The minimum absolute atomic E-state index is 0.871. The van der Waals surface area contributed by atoms with Crippen LogP contribution in [0.15, 0.2) is 161 Å². The lowest BCUT2D eigenvalue weighted by Crippen LogP contribution is -2.21. The van der Waals surface area contributed by atoms with Crippen molar-refractivity contribution in [3.8, 4) is 0 Å². The van der Waals surface area contributed by atoms with Crippen LogP contribution in [0, 0.1) is 41.5 Å². The highest BCUT2D eigenvalue weighted by Crippen LogP contribution is 2.39. The van der Waals surface area contributed by atoms with Crippen LogP contribution in [-0.2, 0) is 0 Å². The van der Waals surface area contributed by atoms with Crippen molar-refractivity contribution in [1.82, 2.24) is 9.97 Å². The van der Waals surface area contributed by atoms with Gasteiger partial charge in [-0.05, 0) is 135 Å². The summed E-state index contributed by atoms with van der Waals surface area (Å²) in [5, 5.41) is 1.97.